The smallest absolute Gasteiger partial charge is 0.272 e. The van der Waals surface area contributed by atoms with Gasteiger partial charge in [0.05, 0.1) is 5.52 Å². The molecule has 1 atom stereocenters. The minimum atomic E-state index is -0.0685. The highest BCUT2D eigenvalue weighted by Gasteiger charge is 2.25. The normalized spacial score (nSPS) is 17.6. The lowest BCUT2D eigenvalue weighted by Gasteiger charge is -2.27. The molecule has 1 saturated carbocycles. The van der Waals surface area contributed by atoms with E-state index in [0.29, 0.717) is 11.6 Å². The van der Waals surface area contributed by atoms with E-state index in [1.165, 1.54) is 32.1 Å². The molecule has 0 saturated heterocycles. The standard InChI is InChI=1S/C21H31N3O/c1-15(21(2,3)4)22-20(25)19-17-12-8-9-13-18(17)24(23-19)14-16-10-6-5-7-11-16/h8-9,12-13,15-16H,5-7,10-11,14H2,1-4H3,(H,22,25). The summed E-state index contributed by atoms with van der Waals surface area (Å²) in [6.45, 7) is 9.38. The van der Waals surface area contributed by atoms with Gasteiger partial charge in [0.2, 0.25) is 0 Å². The molecule has 1 aliphatic carbocycles. The first-order valence-electron chi connectivity index (χ1n) is 9.62. The van der Waals surface area contributed by atoms with Crippen LogP contribution in [0.15, 0.2) is 24.3 Å². The zero-order chi connectivity index (χ0) is 18.0. The Labute approximate surface area is 151 Å². The molecule has 1 amide bonds. The van der Waals surface area contributed by atoms with Crippen molar-refractivity contribution in [2.24, 2.45) is 11.3 Å². The number of carbonyl (C=O) groups is 1. The van der Waals surface area contributed by atoms with Crippen LogP contribution in [0.5, 0.6) is 0 Å². The van der Waals surface area contributed by atoms with Crippen LogP contribution in [0, 0.1) is 11.3 Å². The summed E-state index contributed by atoms with van der Waals surface area (Å²) >= 11 is 0. The van der Waals surface area contributed by atoms with Crippen LogP contribution in [0.2, 0.25) is 0 Å². The van der Waals surface area contributed by atoms with Crippen LogP contribution >= 0.6 is 0 Å². The highest BCUT2D eigenvalue weighted by molar-refractivity contribution is 6.05. The van der Waals surface area contributed by atoms with Gasteiger partial charge < -0.3 is 5.32 Å². The first kappa shape index (κ1) is 18.0. The Hall–Kier alpha value is -1.84. The van der Waals surface area contributed by atoms with Gasteiger partial charge in [-0.2, -0.15) is 5.10 Å². The molecule has 4 nitrogen and oxygen atoms in total. The third-order valence-corrected chi connectivity index (χ3v) is 5.68. The molecule has 1 aromatic heterocycles. The molecule has 1 N–H and O–H groups in total. The number of amides is 1. The second-order valence-electron chi connectivity index (χ2n) is 8.61. The fourth-order valence-electron chi connectivity index (χ4n) is 3.53. The maximum absolute atomic E-state index is 12.8. The summed E-state index contributed by atoms with van der Waals surface area (Å²) in [6, 6.07) is 8.19. The van der Waals surface area contributed by atoms with Gasteiger partial charge >= 0.3 is 0 Å². The SMILES string of the molecule is CC(NC(=O)c1nn(CC2CCCCC2)c2ccccc12)C(C)(C)C. The average Bonchev–Trinajstić information content (AvgIpc) is 2.94. The average molecular weight is 341 g/mol. The van der Waals surface area contributed by atoms with Crippen LogP contribution in [0.3, 0.4) is 0 Å². The Morgan fingerprint density at radius 1 is 1.24 bits per heavy atom. The summed E-state index contributed by atoms with van der Waals surface area (Å²) in [6.07, 6.45) is 6.54. The molecule has 136 valence electrons. The van der Waals surface area contributed by atoms with E-state index >= 15 is 0 Å². The Balaban J connectivity index is 1.86. The topological polar surface area (TPSA) is 46.9 Å². The molecule has 1 aromatic carbocycles. The summed E-state index contributed by atoms with van der Waals surface area (Å²) in [7, 11) is 0. The van der Waals surface area contributed by atoms with Crippen molar-refractivity contribution in [2.45, 2.75) is 72.4 Å². The van der Waals surface area contributed by atoms with Gasteiger partial charge in [0.25, 0.3) is 5.91 Å². The molecule has 1 fully saturated rings. The van der Waals surface area contributed by atoms with Crippen LogP contribution in [0.25, 0.3) is 10.9 Å². The fourth-order valence-corrected chi connectivity index (χ4v) is 3.53. The van der Waals surface area contributed by atoms with E-state index in [-0.39, 0.29) is 17.4 Å². The molecule has 0 radical (unpaired) electrons. The highest BCUT2D eigenvalue weighted by atomic mass is 16.2. The molecule has 4 heteroatoms. The van der Waals surface area contributed by atoms with Gasteiger partial charge in [-0.05, 0) is 37.2 Å². The number of hydrogen-bond acceptors (Lipinski definition) is 2. The van der Waals surface area contributed by atoms with Crippen molar-refractivity contribution in [1.82, 2.24) is 15.1 Å². The van der Waals surface area contributed by atoms with Gasteiger partial charge in [-0.25, -0.2) is 0 Å². The van der Waals surface area contributed by atoms with Crippen molar-refractivity contribution >= 4 is 16.8 Å². The number of fused-ring (bicyclic) bond motifs is 1. The molecular formula is C21H31N3O. The fraction of sp³-hybridized carbons (Fsp3) is 0.619. The molecule has 25 heavy (non-hydrogen) atoms. The van der Waals surface area contributed by atoms with Gasteiger partial charge in [0, 0.05) is 18.0 Å². The first-order chi connectivity index (χ1) is 11.9. The molecule has 0 aliphatic heterocycles. The molecule has 0 spiro atoms. The van der Waals surface area contributed by atoms with Gasteiger partial charge in [0.15, 0.2) is 5.69 Å². The first-order valence-corrected chi connectivity index (χ1v) is 9.62. The minimum absolute atomic E-state index is 0.0239. The predicted molar refractivity (Wildman–Crippen MR) is 103 cm³/mol. The second-order valence-corrected chi connectivity index (χ2v) is 8.61. The van der Waals surface area contributed by atoms with E-state index in [1.807, 2.05) is 18.2 Å². The third kappa shape index (κ3) is 4.05. The Bertz CT molecular complexity index is 735. The van der Waals surface area contributed by atoms with Crippen molar-refractivity contribution in [3.05, 3.63) is 30.0 Å². The van der Waals surface area contributed by atoms with Gasteiger partial charge in [-0.1, -0.05) is 58.2 Å². The largest absolute Gasteiger partial charge is 0.348 e. The van der Waals surface area contributed by atoms with Crippen LogP contribution < -0.4 is 5.32 Å². The highest BCUT2D eigenvalue weighted by Crippen LogP contribution is 2.27. The van der Waals surface area contributed by atoms with E-state index in [0.717, 1.165) is 17.4 Å². The number of carbonyl (C=O) groups excluding carboxylic acids is 1. The van der Waals surface area contributed by atoms with Crippen LogP contribution in [0.4, 0.5) is 0 Å². The maximum Gasteiger partial charge on any atom is 0.272 e. The van der Waals surface area contributed by atoms with Crippen molar-refractivity contribution < 1.29 is 4.79 Å². The lowest BCUT2D eigenvalue weighted by atomic mass is 9.88. The summed E-state index contributed by atoms with van der Waals surface area (Å²) in [4.78, 5) is 12.8. The van der Waals surface area contributed by atoms with E-state index < -0.39 is 0 Å². The number of nitrogens with one attached hydrogen (secondary N) is 1. The zero-order valence-corrected chi connectivity index (χ0v) is 16.0. The van der Waals surface area contributed by atoms with Crippen molar-refractivity contribution in [1.29, 1.82) is 0 Å². The number of para-hydroxylation sites is 1. The maximum atomic E-state index is 12.8. The number of rotatable bonds is 4. The Kier molecular flexibility index (Phi) is 5.16. The van der Waals surface area contributed by atoms with Gasteiger partial charge in [-0.3, -0.25) is 9.48 Å². The Morgan fingerprint density at radius 3 is 2.60 bits per heavy atom. The van der Waals surface area contributed by atoms with Gasteiger partial charge in [0.1, 0.15) is 0 Å². The van der Waals surface area contributed by atoms with Crippen molar-refractivity contribution in [2.75, 3.05) is 0 Å². The lowest BCUT2D eigenvalue weighted by molar-refractivity contribution is 0.0905. The Morgan fingerprint density at radius 2 is 1.92 bits per heavy atom. The van der Waals surface area contributed by atoms with E-state index in [2.05, 4.69) is 43.8 Å². The minimum Gasteiger partial charge on any atom is -0.348 e. The lowest BCUT2D eigenvalue weighted by Crippen LogP contribution is -2.41. The van der Waals surface area contributed by atoms with E-state index in [4.69, 9.17) is 5.10 Å². The molecule has 1 heterocycles. The number of hydrogen-bond donors (Lipinski definition) is 1. The molecule has 2 aromatic rings. The number of benzene rings is 1. The van der Waals surface area contributed by atoms with Crippen LogP contribution in [-0.4, -0.2) is 21.7 Å². The molecule has 1 unspecified atom stereocenters. The number of aromatic nitrogens is 2. The monoisotopic (exact) mass is 341 g/mol. The van der Waals surface area contributed by atoms with Crippen LogP contribution in [0.1, 0.15) is 70.3 Å². The van der Waals surface area contributed by atoms with E-state index in [1.54, 1.807) is 0 Å². The van der Waals surface area contributed by atoms with E-state index in [9.17, 15) is 4.79 Å². The van der Waals surface area contributed by atoms with Crippen molar-refractivity contribution in [3.63, 3.8) is 0 Å². The van der Waals surface area contributed by atoms with Gasteiger partial charge in [-0.15, -0.1) is 0 Å². The molecular weight excluding hydrogens is 310 g/mol. The quantitative estimate of drug-likeness (QED) is 0.870. The second kappa shape index (κ2) is 7.19. The van der Waals surface area contributed by atoms with Crippen molar-refractivity contribution in [3.8, 4) is 0 Å². The summed E-state index contributed by atoms with van der Waals surface area (Å²) in [5.74, 6) is 0.613. The zero-order valence-electron chi connectivity index (χ0n) is 16.0. The molecule has 3 rings (SSSR count). The number of nitrogens with zero attached hydrogens (tertiary/aromatic N) is 2. The molecule has 0 bridgehead atoms. The van der Waals surface area contributed by atoms with Crippen LogP contribution in [-0.2, 0) is 6.54 Å². The molecule has 1 aliphatic rings. The predicted octanol–water partition coefficient (Wildman–Crippen LogP) is 4.78. The summed E-state index contributed by atoms with van der Waals surface area (Å²) in [5.41, 5.74) is 1.65. The third-order valence-electron chi connectivity index (χ3n) is 5.68. The summed E-state index contributed by atoms with van der Waals surface area (Å²) < 4.78 is 2.06. The summed E-state index contributed by atoms with van der Waals surface area (Å²) in [5, 5.41) is 8.81.